The van der Waals surface area contributed by atoms with E-state index >= 15 is 0 Å². The Balaban J connectivity index is 1.68. The van der Waals surface area contributed by atoms with Gasteiger partial charge in [0.25, 0.3) is 0 Å². The molecule has 1 atom stereocenters. The van der Waals surface area contributed by atoms with Crippen LogP contribution in [0.3, 0.4) is 0 Å². The first-order valence-corrected chi connectivity index (χ1v) is 12.4. The zero-order valence-electron chi connectivity index (χ0n) is 20.4. The zero-order valence-corrected chi connectivity index (χ0v) is 21.2. The number of benzene rings is 2. The van der Waals surface area contributed by atoms with Gasteiger partial charge in [-0.3, -0.25) is 14.4 Å². The van der Waals surface area contributed by atoms with Crippen LogP contribution in [0.2, 0.25) is 0 Å². The van der Waals surface area contributed by atoms with Crippen LogP contribution in [0.4, 0.5) is 24.5 Å². The minimum absolute atomic E-state index is 0.0218. The molecule has 12 heteroatoms. The fourth-order valence-corrected chi connectivity index (χ4v) is 4.50. The number of aromatic nitrogens is 3. The molecule has 3 aromatic rings. The highest BCUT2D eigenvalue weighted by atomic mass is 32.2. The lowest BCUT2D eigenvalue weighted by Gasteiger charge is -2.15. The van der Waals surface area contributed by atoms with E-state index in [-0.39, 0.29) is 23.8 Å². The maximum absolute atomic E-state index is 12.9. The second kappa shape index (κ2) is 12.0. The number of carbonyl (C=O) groups excluding carboxylic acids is 3. The molecule has 1 aromatic heterocycles. The van der Waals surface area contributed by atoms with Gasteiger partial charge in [0.15, 0.2) is 10.9 Å². The number of Topliss-reactive ketones (excluding diaryl/α,β-unsaturated/α-hetero) is 1. The van der Waals surface area contributed by atoms with Crippen LogP contribution in [0, 0.1) is 0 Å². The van der Waals surface area contributed by atoms with Crippen molar-refractivity contribution in [1.29, 1.82) is 0 Å². The Kier molecular flexibility index (Phi) is 9.09. The van der Waals surface area contributed by atoms with Crippen LogP contribution < -0.4 is 10.6 Å². The largest absolute Gasteiger partial charge is 0.416 e. The monoisotopic (exact) mass is 533 g/mol. The van der Waals surface area contributed by atoms with Crippen molar-refractivity contribution in [1.82, 2.24) is 14.8 Å². The van der Waals surface area contributed by atoms with Crippen molar-refractivity contribution in [2.45, 2.75) is 56.7 Å². The van der Waals surface area contributed by atoms with Crippen LogP contribution in [0.15, 0.2) is 53.7 Å². The molecule has 0 radical (unpaired) electrons. The third kappa shape index (κ3) is 7.42. The van der Waals surface area contributed by atoms with E-state index in [1.165, 1.54) is 30.8 Å². The predicted octanol–water partition coefficient (Wildman–Crippen LogP) is 5.21. The minimum Gasteiger partial charge on any atom is -0.326 e. The molecular formula is C25H26F3N5O3S. The highest BCUT2D eigenvalue weighted by molar-refractivity contribution is 8.00. The lowest BCUT2D eigenvalue weighted by molar-refractivity contribution is -0.137. The number of thioether (sulfide) groups is 1. The molecule has 0 fully saturated rings. The Morgan fingerprint density at radius 2 is 1.68 bits per heavy atom. The molecule has 2 amide bonds. The molecule has 0 saturated carbocycles. The summed E-state index contributed by atoms with van der Waals surface area (Å²) in [5, 5.41) is 13.4. The first kappa shape index (κ1) is 27.9. The van der Waals surface area contributed by atoms with Gasteiger partial charge in [0.1, 0.15) is 5.82 Å². The smallest absolute Gasteiger partial charge is 0.326 e. The van der Waals surface area contributed by atoms with Crippen molar-refractivity contribution in [3.63, 3.8) is 0 Å². The summed E-state index contributed by atoms with van der Waals surface area (Å²) >= 11 is 1.19. The van der Waals surface area contributed by atoms with E-state index in [0.717, 1.165) is 12.1 Å². The number of carbonyl (C=O) groups is 3. The fraction of sp³-hybridized carbons (Fsp3) is 0.320. The molecule has 0 aliphatic heterocycles. The molecular weight excluding hydrogens is 507 g/mol. The molecule has 8 nitrogen and oxygen atoms in total. The van der Waals surface area contributed by atoms with Gasteiger partial charge in [-0.05, 0) is 50.6 Å². The summed E-state index contributed by atoms with van der Waals surface area (Å²) in [6, 6.07) is 11.0. The van der Waals surface area contributed by atoms with Crippen molar-refractivity contribution in [3.05, 3.63) is 65.5 Å². The third-order valence-corrected chi connectivity index (χ3v) is 6.69. The van der Waals surface area contributed by atoms with Gasteiger partial charge >= 0.3 is 6.18 Å². The van der Waals surface area contributed by atoms with Gasteiger partial charge in [-0.15, -0.1) is 10.2 Å². The lowest BCUT2D eigenvalue weighted by Crippen LogP contribution is -2.25. The Labute approximate surface area is 216 Å². The van der Waals surface area contributed by atoms with Gasteiger partial charge < -0.3 is 15.2 Å². The number of amides is 2. The lowest BCUT2D eigenvalue weighted by atomic mass is 10.1. The number of halogens is 3. The van der Waals surface area contributed by atoms with Crippen LogP contribution in [-0.4, -0.2) is 37.6 Å². The van der Waals surface area contributed by atoms with E-state index in [9.17, 15) is 27.6 Å². The normalized spacial score (nSPS) is 12.2. The van der Waals surface area contributed by atoms with Crippen LogP contribution in [-0.2, 0) is 28.7 Å². The van der Waals surface area contributed by atoms with E-state index in [1.54, 1.807) is 28.8 Å². The number of ketones is 1. The van der Waals surface area contributed by atoms with E-state index in [1.807, 2.05) is 13.8 Å². The number of alkyl halides is 3. The van der Waals surface area contributed by atoms with Crippen LogP contribution in [0.1, 0.15) is 48.9 Å². The van der Waals surface area contributed by atoms with Gasteiger partial charge in [0.2, 0.25) is 11.8 Å². The Morgan fingerprint density at radius 1 is 1.00 bits per heavy atom. The molecule has 1 heterocycles. The maximum atomic E-state index is 12.9. The van der Waals surface area contributed by atoms with Crippen molar-refractivity contribution in [2.75, 3.05) is 10.6 Å². The summed E-state index contributed by atoms with van der Waals surface area (Å²) in [5.41, 5.74) is 0.143. The minimum atomic E-state index is -4.52. The van der Waals surface area contributed by atoms with E-state index < -0.39 is 22.9 Å². The average molecular weight is 534 g/mol. The molecule has 0 unspecified atom stereocenters. The standard InChI is InChI=1S/C25H26F3N5O3S/c1-4-20(23(36)30-18-10-6-8-16(12-18)15(3)34)37-24-32-31-21(33(24)5-2)14-22(35)29-19-11-7-9-17(13-19)25(26,27)28/h6-13,20H,4-5,14H2,1-3H3,(H,29,35)(H,30,36)/t20-/m0/s1. The number of hydrogen-bond donors (Lipinski definition) is 2. The van der Waals surface area contributed by atoms with Crippen molar-refractivity contribution < 1.29 is 27.6 Å². The van der Waals surface area contributed by atoms with Crippen molar-refractivity contribution >= 4 is 40.7 Å². The predicted molar refractivity (Wildman–Crippen MR) is 134 cm³/mol. The highest BCUT2D eigenvalue weighted by Crippen LogP contribution is 2.31. The quantitative estimate of drug-likeness (QED) is 0.274. The van der Waals surface area contributed by atoms with Gasteiger partial charge in [-0.25, -0.2) is 0 Å². The summed E-state index contributed by atoms with van der Waals surface area (Å²) in [4.78, 5) is 37.0. The van der Waals surface area contributed by atoms with Gasteiger partial charge in [-0.2, -0.15) is 13.2 Å². The first-order chi connectivity index (χ1) is 17.5. The molecule has 2 N–H and O–H groups in total. The van der Waals surface area contributed by atoms with E-state index in [4.69, 9.17) is 0 Å². The Bertz CT molecular complexity index is 1290. The third-order valence-electron chi connectivity index (χ3n) is 5.35. The number of nitrogens with one attached hydrogen (secondary N) is 2. The van der Waals surface area contributed by atoms with Gasteiger partial charge in [0, 0.05) is 23.5 Å². The molecule has 3 rings (SSSR count). The fourth-order valence-electron chi connectivity index (χ4n) is 3.46. The van der Waals surface area contributed by atoms with Crippen molar-refractivity contribution in [2.24, 2.45) is 0 Å². The Morgan fingerprint density at radius 3 is 2.30 bits per heavy atom. The summed E-state index contributed by atoms with van der Waals surface area (Å²) in [6.07, 6.45) is -4.25. The molecule has 37 heavy (non-hydrogen) atoms. The second-order valence-electron chi connectivity index (χ2n) is 8.09. The highest BCUT2D eigenvalue weighted by Gasteiger charge is 2.30. The van der Waals surface area contributed by atoms with Crippen LogP contribution in [0.5, 0.6) is 0 Å². The molecule has 0 bridgehead atoms. The molecule has 0 aliphatic carbocycles. The van der Waals surface area contributed by atoms with Gasteiger partial charge in [0.05, 0.1) is 17.2 Å². The molecule has 0 spiro atoms. The zero-order chi connectivity index (χ0) is 27.2. The summed E-state index contributed by atoms with van der Waals surface area (Å²) < 4.78 is 40.5. The molecule has 196 valence electrons. The molecule has 2 aromatic carbocycles. The summed E-state index contributed by atoms with van der Waals surface area (Å²) in [7, 11) is 0. The number of hydrogen-bond acceptors (Lipinski definition) is 6. The summed E-state index contributed by atoms with van der Waals surface area (Å²) in [6.45, 7) is 5.54. The molecule has 0 aliphatic rings. The number of anilines is 2. The average Bonchev–Trinajstić information content (AvgIpc) is 3.22. The van der Waals surface area contributed by atoms with Crippen LogP contribution in [0.25, 0.3) is 0 Å². The van der Waals surface area contributed by atoms with E-state index in [2.05, 4.69) is 20.8 Å². The Hall–Kier alpha value is -3.67. The summed E-state index contributed by atoms with van der Waals surface area (Å²) in [5.74, 6) is -0.618. The number of rotatable bonds is 10. The first-order valence-electron chi connectivity index (χ1n) is 11.5. The van der Waals surface area contributed by atoms with Crippen molar-refractivity contribution in [3.8, 4) is 0 Å². The maximum Gasteiger partial charge on any atom is 0.416 e. The van der Waals surface area contributed by atoms with E-state index in [0.29, 0.717) is 35.2 Å². The second-order valence-corrected chi connectivity index (χ2v) is 9.26. The van der Waals surface area contributed by atoms with Gasteiger partial charge in [-0.1, -0.05) is 36.9 Å². The number of nitrogens with zero attached hydrogens (tertiary/aromatic N) is 3. The topological polar surface area (TPSA) is 106 Å². The molecule has 0 saturated heterocycles. The van der Waals surface area contributed by atoms with Crippen LogP contribution >= 0.6 is 11.8 Å². The SMILES string of the molecule is CC[C@H](Sc1nnc(CC(=O)Nc2cccc(C(F)(F)F)c2)n1CC)C(=O)Nc1cccc(C(C)=O)c1.